The SMILES string of the molecule is In1ccnc1-c1ccccc1. The van der Waals surface area contributed by atoms with Crippen molar-refractivity contribution in [1.29, 1.82) is 0 Å². The van der Waals surface area contributed by atoms with Crippen molar-refractivity contribution in [2.75, 3.05) is 0 Å². The molecule has 2 aromatic rings. The van der Waals surface area contributed by atoms with Gasteiger partial charge in [-0.1, -0.05) is 30.3 Å². The third-order valence-electron chi connectivity index (χ3n) is 1.63. The number of aromatic nitrogens is 2. The van der Waals surface area contributed by atoms with E-state index in [-0.39, 0.29) is 0 Å². The fraction of sp³-hybridized carbons (Fsp3) is 0. The van der Waals surface area contributed by atoms with Crippen LogP contribution in [0.1, 0.15) is 0 Å². The van der Waals surface area contributed by atoms with Crippen LogP contribution in [0.3, 0.4) is 0 Å². The van der Waals surface area contributed by atoms with E-state index in [2.05, 4.69) is 40.0 Å². The monoisotopic (exact) mass is 270 g/mol. The summed E-state index contributed by atoms with van der Waals surface area (Å²) in [5.74, 6) is 0.996. The second-order valence-corrected chi connectivity index (χ2v) is 3.47. The molecule has 0 bridgehead atoms. The summed E-state index contributed by atoms with van der Waals surface area (Å²) in [6.45, 7) is 0. The first-order valence-corrected chi connectivity index (χ1v) is 4.59. The molecule has 1 heterocycles. The molecule has 0 fully saturated rings. The van der Waals surface area contributed by atoms with Crippen molar-refractivity contribution < 1.29 is 0 Å². The lowest BCUT2D eigenvalue weighted by Crippen LogP contribution is -1.83. The maximum Gasteiger partial charge on any atom is 0.148 e. The molecule has 0 spiro atoms. The Hall–Kier alpha value is -0.840. The first kappa shape index (κ1) is 7.79. The summed E-state index contributed by atoms with van der Waals surface area (Å²) in [6.07, 6.45) is 3.73. The molecule has 1 aromatic carbocycles. The van der Waals surface area contributed by atoms with Crippen molar-refractivity contribution in [2.24, 2.45) is 0 Å². The maximum atomic E-state index is 4.24. The number of halogens is 1. The van der Waals surface area contributed by atoms with E-state index in [4.69, 9.17) is 0 Å². The average molecular weight is 270 g/mol. The van der Waals surface area contributed by atoms with Gasteiger partial charge in [0.05, 0.1) is 22.9 Å². The summed E-state index contributed by atoms with van der Waals surface area (Å²) in [7, 11) is 0. The Morgan fingerprint density at radius 3 is 2.50 bits per heavy atom. The molecule has 0 amide bonds. The van der Waals surface area contributed by atoms with Gasteiger partial charge in [0.2, 0.25) is 0 Å². The Bertz CT molecular complexity index is 367. The third kappa shape index (κ3) is 1.36. The van der Waals surface area contributed by atoms with E-state index < -0.39 is 0 Å². The Labute approximate surface area is 84.7 Å². The van der Waals surface area contributed by atoms with Gasteiger partial charge in [0, 0.05) is 18.0 Å². The van der Waals surface area contributed by atoms with Crippen LogP contribution in [0.4, 0.5) is 0 Å². The van der Waals surface area contributed by atoms with E-state index in [1.165, 1.54) is 0 Å². The molecule has 0 unspecified atom stereocenters. The van der Waals surface area contributed by atoms with Crippen LogP contribution in [-0.2, 0) is 0 Å². The average Bonchev–Trinajstić information content (AvgIpc) is 2.53. The van der Waals surface area contributed by atoms with E-state index in [0.717, 1.165) is 11.4 Å². The van der Waals surface area contributed by atoms with E-state index in [9.17, 15) is 0 Å². The molecular weight excluding hydrogens is 263 g/mol. The second kappa shape index (κ2) is 3.26. The van der Waals surface area contributed by atoms with Crippen LogP contribution >= 0.6 is 22.9 Å². The summed E-state index contributed by atoms with van der Waals surface area (Å²) in [5, 5.41) is 0. The van der Waals surface area contributed by atoms with Crippen LogP contribution in [0, 0.1) is 0 Å². The summed E-state index contributed by atoms with van der Waals surface area (Å²) >= 11 is 2.21. The van der Waals surface area contributed by atoms with Gasteiger partial charge in [0.15, 0.2) is 0 Å². The minimum atomic E-state index is 0.996. The minimum absolute atomic E-state index is 0.996. The largest absolute Gasteiger partial charge is 0.272 e. The third-order valence-corrected chi connectivity index (χ3v) is 2.41. The van der Waals surface area contributed by atoms with Crippen molar-refractivity contribution in [1.82, 2.24) is 7.76 Å². The Kier molecular flexibility index (Phi) is 2.12. The Balaban J connectivity index is 2.51. The molecule has 2 nitrogen and oxygen atoms in total. The fourth-order valence-corrected chi connectivity index (χ4v) is 1.62. The van der Waals surface area contributed by atoms with Crippen LogP contribution in [0.5, 0.6) is 0 Å². The number of hydrogen-bond acceptors (Lipinski definition) is 1. The quantitative estimate of drug-likeness (QED) is 0.728. The Morgan fingerprint density at radius 1 is 1.17 bits per heavy atom. The maximum absolute atomic E-state index is 4.24. The van der Waals surface area contributed by atoms with Crippen molar-refractivity contribution in [3.05, 3.63) is 42.7 Å². The molecule has 0 aliphatic heterocycles. The molecule has 0 N–H and O–H groups in total. The van der Waals surface area contributed by atoms with Crippen LogP contribution in [0.2, 0.25) is 0 Å². The molecule has 2 rings (SSSR count). The molecule has 0 saturated carbocycles. The molecule has 0 aliphatic carbocycles. The number of hydrogen-bond donors (Lipinski definition) is 0. The van der Waals surface area contributed by atoms with Crippen LogP contribution in [0.25, 0.3) is 11.4 Å². The molecule has 12 heavy (non-hydrogen) atoms. The lowest BCUT2D eigenvalue weighted by atomic mass is 10.2. The molecule has 0 aliphatic rings. The molecular formula is C9H7IN2. The fourth-order valence-electron chi connectivity index (χ4n) is 1.07. The molecule has 0 radical (unpaired) electrons. The van der Waals surface area contributed by atoms with Crippen molar-refractivity contribution in [2.45, 2.75) is 0 Å². The van der Waals surface area contributed by atoms with E-state index in [1.807, 2.05) is 27.2 Å². The second-order valence-electron chi connectivity index (χ2n) is 2.43. The number of rotatable bonds is 1. The first-order chi connectivity index (χ1) is 5.88. The Morgan fingerprint density at radius 2 is 1.92 bits per heavy atom. The molecule has 60 valence electrons. The molecule has 1 aromatic heterocycles. The zero-order valence-electron chi connectivity index (χ0n) is 6.31. The predicted octanol–water partition coefficient (Wildman–Crippen LogP) is 2.75. The number of nitrogens with zero attached hydrogens (tertiary/aromatic N) is 2. The molecule has 3 heteroatoms. The summed E-state index contributed by atoms with van der Waals surface area (Å²) in [5.41, 5.74) is 1.15. The summed E-state index contributed by atoms with van der Waals surface area (Å²) in [4.78, 5) is 4.24. The standard InChI is InChI=1S/C9H7IN2/c10-12-7-6-11-9(12)8-4-2-1-3-5-8/h1-7H. The van der Waals surface area contributed by atoms with Crippen LogP contribution < -0.4 is 0 Å². The number of imidazole rings is 1. The highest BCUT2D eigenvalue weighted by Crippen LogP contribution is 2.17. The predicted molar refractivity (Wildman–Crippen MR) is 57.1 cm³/mol. The van der Waals surface area contributed by atoms with Gasteiger partial charge in [0.25, 0.3) is 0 Å². The molecule has 0 saturated heterocycles. The highest BCUT2D eigenvalue weighted by molar-refractivity contribution is 14.1. The van der Waals surface area contributed by atoms with Gasteiger partial charge in [-0.2, -0.15) is 0 Å². The lowest BCUT2D eigenvalue weighted by Gasteiger charge is -1.97. The van der Waals surface area contributed by atoms with Gasteiger partial charge < -0.3 is 0 Å². The zero-order chi connectivity index (χ0) is 8.39. The topological polar surface area (TPSA) is 17.8 Å². The van der Waals surface area contributed by atoms with Crippen molar-refractivity contribution in [3.8, 4) is 11.4 Å². The van der Waals surface area contributed by atoms with E-state index in [1.54, 1.807) is 6.20 Å². The van der Waals surface area contributed by atoms with Gasteiger partial charge in [-0.3, -0.25) is 2.78 Å². The normalized spacial score (nSPS) is 10.1. The van der Waals surface area contributed by atoms with Gasteiger partial charge >= 0.3 is 0 Å². The zero-order valence-corrected chi connectivity index (χ0v) is 8.47. The first-order valence-electron chi connectivity index (χ1n) is 3.63. The van der Waals surface area contributed by atoms with Crippen LogP contribution in [0.15, 0.2) is 42.7 Å². The smallest absolute Gasteiger partial charge is 0.148 e. The van der Waals surface area contributed by atoms with Gasteiger partial charge in [0.1, 0.15) is 5.82 Å². The minimum Gasteiger partial charge on any atom is -0.272 e. The number of benzene rings is 1. The van der Waals surface area contributed by atoms with Gasteiger partial charge in [-0.15, -0.1) is 0 Å². The van der Waals surface area contributed by atoms with Crippen LogP contribution in [-0.4, -0.2) is 7.76 Å². The van der Waals surface area contributed by atoms with Gasteiger partial charge in [-0.05, 0) is 0 Å². The van der Waals surface area contributed by atoms with E-state index in [0.29, 0.717) is 0 Å². The summed E-state index contributed by atoms with van der Waals surface area (Å²) < 4.78 is 1.98. The highest BCUT2D eigenvalue weighted by atomic mass is 127. The highest BCUT2D eigenvalue weighted by Gasteiger charge is 2.00. The van der Waals surface area contributed by atoms with Crippen molar-refractivity contribution >= 4 is 22.9 Å². The molecule has 0 atom stereocenters. The van der Waals surface area contributed by atoms with E-state index >= 15 is 0 Å². The van der Waals surface area contributed by atoms with Crippen molar-refractivity contribution in [3.63, 3.8) is 0 Å². The lowest BCUT2D eigenvalue weighted by molar-refractivity contribution is 1.28. The van der Waals surface area contributed by atoms with Gasteiger partial charge in [-0.25, -0.2) is 4.98 Å². The summed E-state index contributed by atoms with van der Waals surface area (Å²) in [6, 6.07) is 10.1.